The van der Waals surface area contributed by atoms with Crippen LogP contribution in [0.15, 0.2) is 8.68 Å². The molecule has 1 aromatic rings. The van der Waals surface area contributed by atoms with Gasteiger partial charge in [-0.3, -0.25) is 9.59 Å². The highest BCUT2D eigenvalue weighted by atomic mass is 32.2. The normalized spacial score (nSPS) is 10.5. The lowest BCUT2D eigenvalue weighted by molar-refractivity contribution is -0.138. The Morgan fingerprint density at radius 2 is 1.37 bits per heavy atom. The second-order valence-electron chi connectivity index (χ2n) is 3.53. The molecule has 0 aliphatic carbocycles. The molecule has 0 aliphatic heterocycles. The van der Waals surface area contributed by atoms with E-state index in [-0.39, 0.29) is 12.8 Å². The molecule has 1 aromatic heterocycles. The van der Waals surface area contributed by atoms with Gasteiger partial charge in [0.05, 0.1) is 0 Å². The zero-order chi connectivity index (χ0) is 14.1. The van der Waals surface area contributed by atoms with E-state index in [0.717, 1.165) is 8.68 Å². The van der Waals surface area contributed by atoms with Crippen LogP contribution in [0.2, 0.25) is 0 Å². The molecule has 106 valence electrons. The molecule has 0 spiro atoms. The minimum absolute atomic E-state index is 0.169. The van der Waals surface area contributed by atoms with Crippen molar-refractivity contribution in [2.75, 3.05) is 11.5 Å². The highest BCUT2D eigenvalue weighted by molar-refractivity contribution is 8.03. The monoisotopic (exact) mass is 322 g/mol. The van der Waals surface area contributed by atoms with Gasteiger partial charge in [0.25, 0.3) is 0 Å². The van der Waals surface area contributed by atoms with Gasteiger partial charge in [-0.2, -0.15) is 0 Å². The van der Waals surface area contributed by atoms with E-state index in [2.05, 4.69) is 10.2 Å². The van der Waals surface area contributed by atoms with Crippen molar-refractivity contribution in [3.63, 3.8) is 0 Å². The Morgan fingerprint density at radius 1 is 0.947 bits per heavy atom. The third-order valence-corrected chi connectivity index (χ3v) is 5.27. The maximum Gasteiger partial charge on any atom is 0.303 e. The predicted molar refractivity (Wildman–Crippen MR) is 75.1 cm³/mol. The zero-order valence-corrected chi connectivity index (χ0v) is 12.5. The minimum Gasteiger partial charge on any atom is -0.481 e. The van der Waals surface area contributed by atoms with Gasteiger partial charge in [-0.05, 0) is 12.8 Å². The average Bonchev–Trinajstić information content (AvgIpc) is 2.78. The SMILES string of the molecule is O=C(O)CCCSc1nnc(SCCCC(=O)O)s1. The number of carboxylic acids is 2. The molecule has 2 N–H and O–H groups in total. The average molecular weight is 322 g/mol. The highest BCUT2D eigenvalue weighted by Gasteiger charge is 2.06. The summed E-state index contributed by atoms with van der Waals surface area (Å²) in [6.07, 6.45) is 1.56. The molecule has 0 saturated carbocycles. The van der Waals surface area contributed by atoms with Crippen molar-refractivity contribution in [3.05, 3.63) is 0 Å². The van der Waals surface area contributed by atoms with Gasteiger partial charge in [-0.1, -0.05) is 34.9 Å². The van der Waals surface area contributed by atoms with Crippen LogP contribution in [0.25, 0.3) is 0 Å². The van der Waals surface area contributed by atoms with Gasteiger partial charge in [0, 0.05) is 24.3 Å². The van der Waals surface area contributed by atoms with Crippen LogP contribution in [0, 0.1) is 0 Å². The Balaban J connectivity index is 2.17. The maximum atomic E-state index is 10.3. The fourth-order valence-corrected chi connectivity index (χ4v) is 4.12. The molecule has 0 radical (unpaired) electrons. The molecule has 0 amide bonds. The van der Waals surface area contributed by atoms with E-state index < -0.39 is 11.9 Å². The number of hydrogen-bond acceptors (Lipinski definition) is 7. The van der Waals surface area contributed by atoms with E-state index in [9.17, 15) is 9.59 Å². The van der Waals surface area contributed by atoms with Crippen LogP contribution in [0.5, 0.6) is 0 Å². The number of aliphatic carboxylic acids is 2. The summed E-state index contributed by atoms with van der Waals surface area (Å²) in [5.41, 5.74) is 0. The maximum absolute atomic E-state index is 10.3. The number of thioether (sulfide) groups is 2. The van der Waals surface area contributed by atoms with Crippen LogP contribution in [0.4, 0.5) is 0 Å². The summed E-state index contributed by atoms with van der Waals surface area (Å²) in [6, 6.07) is 0. The fourth-order valence-electron chi connectivity index (χ4n) is 1.08. The van der Waals surface area contributed by atoms with E-state index in [1.54, 1.807) is 0 Å². The second kappa shape index (κ2) is 9.16. The quantitative estimate of drug-likeness (QED) is 0.500. The molecule has 0 aliphatic rings. The molecule has 0 saturated heterocycles. The first-order chi connectivity index (χ1) is 9.08. The molecular formula is C10H14N2O4S3. The van der Waals surface area contributed by atoms with E-state index in [1.807, 2.05) is 0 Å². The number of nitrogens with zero attached hydrogens (tertiary/aromatic N) is 2. The van der Waals surface area contributed by atoms with E-state index in [4.69, 9.17) is 10.2 Å². The molecule has 1 heterocycles. The molecule has 19 heavy (non-hydrogen) atoms. The summed E-state index contributed by atoms with van der Waals surface area (Å²) in [5.74, 6) is -0.144. The highest BCUT2D eigenvalue weighted by Crippen LogP contribution is 2.29. The largest absolute Gasteiger partial charge is 0.481 e. The number of carbonyl (C=O) groups is 2. The Kier molecular flexibility index (Phi) is 7.84. The number of aromatic nitrogens is 2. The van der Waals surface area contributed by atoms with Crippen LogP contribution < -0.4 is 0 Å². The second-order valence-corrected chi connectivity index (χ2v) is 7.19. The molecule has 1 rings (SSSR count). The van der Waals surface area contributed by atoms with Crippen LogP contribution >= 0.6 is 34.9 Å². The van der Waals surface area contributed by atoms with Gasteiger partial charge in [-0.15, -0.1) is 10.2 Å². The van der Waals surface area contributed by atoms with Crippen LogP contribution in [-0.4, -0.2) is 43.9 Å². The van der Waals surface area contributed by atoms with E-state index >= 15 is 0 Å². The van der Waals surface area contributed by atoms with Gasteiger partial charge < -0.3 is 10.2 Å². The fraction of sp³-hybridized carbons (Fsp3) is 0.600. The van der Waals surface area contributed by atoms with E-state index in [1.165, 1.54) is 34.9 Å². The first-order valence-corrected chi connectivity index (χ1v) is 8.39. The third-order valence-electron chi connectivity index (χ3n) is 1.91. The number of carboxylic acid groups (broad SMARTS) is 2. The first-order valence-electron chi connectivity index (χ1n) is 5.60. The summed E-state index contributed by atoms with van der Waals surface area (Å²) in [7, 11) is 0. The molecule has 6 nitrogen and oxygen atoms in total. The lowest BCUT2D eigenvalue weighted by Gasteiger charge is -1.94. The van der Waals surface area contributed by atoms with Crippen molar-refractivity contribution in [2.45, 2.75) is 34.4 Å². The molecular weight excluding hydrogens is 308 g/mol. The molecule has 0 fully saturated rings. The summed E-state index contributed by atoms with van der Waals surface area (Å²) >= 11 is 4.46. The smallest absolute Gasteiger partial charge is 0.303 e. The van der Waals surface area contributed by atoms with Gasteiger partial charge in [0.15, 0.2) is 8.68 Å². The summed E-state index contributed by atoms with van der Waals surface area (Å²) in [4.78, 5) is 20.7. The standard InChI is InChI=1S/C10H14N2O4S3/c13-7(14)3-1-5-17-9-11-12-10(19-9)18-6-2-4-8(15)16/h1-6H2,(H,13,14)(H,15,16). The molecule has 0 unspecified atom stereocenters. The summed E-state index contributed by atoms with van der Waals surface area (Å²) in [5, 5.41) is 25.0. The molecule has 0 atom stereocenters. The Bertz CT molecular complexity index is 388. The lowest BCUT2D eigenvalue weighted by Crippen LogP contribution is -1.94. The minimum atomic E-state index is -0.785. The molecule has 9 heteroatoms. The Labute approximate surface area is 123 Å². The van der Waals surface area contributed by atoms with Crippen molar-refractivity contribution < 1.29 is 19.8 Å². The lowest BCUT2D eigenvalue weighted by atomic mass is 10.3. The Hall–Kier alpha value is -0.800. The molecule has 0 bridgehead atoms. The van der Waals surface area contributed by atoms with Gasteiger partial charge in [-0.25, -0.2) is 0 Å². The van der Waals surface area contributed by atoms with Crippen molar-refractivity contribution in [1.29, 1.82) is 0 Å². The van der Waals surface area contributed by atoms with E-state index in [0.29, 0.717) is 24.3 Å². The van der Waals surface area contributed by atoms with Gasteiger partial charge in [0.2, 0.25) is 0 Å². The zero-order valence-electron chi connectivity index (χ0n) is 10.1. The first kappa shape index (κ1) is 16.3. The molecule has 0 aromatic carbocycles. The summed E-state index contributed by atoms with van der Waals surface area (Å²) < 4.78 is 1.65. The van der Waals surface area contributed by atoms with Crippen molar-refractivity contribution in [3.8, 4) is 0 Å². The Morgan fingerprint density at radius 3 is 1.74 bits per heavy atom. The van der Waals surface area contributed by atoms with Crippen LogP contribution in [0.3, 0.4) is 0 Å². The van der Waals surface area contributed by atoms with Crippen molar-refractivity contribution >= 4 is 46.8 Å². The van der Waals surface area contributed by atoms with Gasteiger partial charge in [0.1, 0.15) is 0 Å². The van der Waals surface area contributed by atoms with Crippen molar-refractivity contribution in [2.24, 2.45) is 0 Å². The van der Waals surface area contributed by atoms with Crippen molar-refractivity contribution in [1.82, 2.24) is 10.2 Å². The summed E-state index contributed by atoms with van der Waals surface area (Å²) in [6.45, 7) is 0. The number of rotatable bonds is 10. The topological polar surface area (TPSA) is 100 Å². The third kappa shape index (κ3) is 8.06. The van der Waals surface area contributed by atoms with Crippen LogP contribution in [-0.2, 0) is 9.59 Å². The number of hydrogen-bond donors (Lipinski definition) is 2. The van der Waals surface area contributed by atoms with Gasteiger partial charge >= 0.3 is 11.9 Å². The predicted octanol–water partition coefficient (Wildman–Crippen LogP) is 2.45. The van der Waals surface area contributed by atoms with Crippen LogP contribution in [0.1, 0.15) is 25.7 Å².